The molecule has 1 fully saturated rings. The van der Waals surface area contributed by atoms with Crippen molar-refractivity contribution in [1.82, 2.24) is 15.0 Å². The van der Waals surface area contributed by atoms with Crippen LogP contribution in [0.4, 0.5) is 0 Å². The summed E-state index contributed by atoms with van der Waals surface area (Å²) in [6.07, 6.45) is 0.765. The van der Waals surface area contributed by atoms with Gasteiger partial charge in [-0.3, -0.25) is 4.90 Å². The third-order valence-electron chi connectivity index (χ3n) is 2.78. The average Bonchev–Trinajstić information content (AvgIpc) is 2.76. The second kappa shape index (κ2) is 5.57. The van der Waals surface area contributed by atoms with Crippen LogP contribution in [0.15, 0.2) is 4.52 Å². The van der Waals surface area contributed by atoms with Crippen LogP contribution in [0.2, 0.25) is 0 Å². The highest BCUT2D eigenvalue weighted by atomic mass is 16.5. The summed E-state index contributed by atoms with van der Waals surface area (Å²) in [5.74, 6) is 1.37. The molecule has 1 aromatic heterocycles. The molecule has 6 nitrogen and oxygen atoms in total. The molecule has 0 radical (unpaired) electrons. The van der Waals surface area contributed by atoms with Crippen molar-refractivity contribution in [3.05, 3.63) is 11.7 Å². The number of hydrogen-bond acceptors (Lipinski definition) is 6. The van der Waals surface area contributed by atoms with Gasteiger partial charge in [-0.05, 0) is 6.92 Å². The SMILES string of the molecule is CCc1nc(CN2CC(C)OC(CO)C2)no1. The molecule has 1 aromatic rings. The Labute approximate surface area is 101 Å². The number of hydrogen-bond donors (Lipinski definition) is 1. The van der Waals surface area contributed by atoms with E-state index >= 15 is 0 Å². The van der Waals surface area contributed by atoms with Crippen LogP contribution < -0.4 is 0 Å². The van der Waals surface area contributed by atoms with Gasteiger partial charge in [-0.1, -0.05) is 12.1 Å². The van der Waals surface area contributed by atoms with Gasteiger partial charge in [0.05, 0.1) is 25.4 Å². The van der Waals surface area contributed by atoms with Crippen molar-refractivity contribution < 1.29 is 14.4 Å². The van der Waals surface area contributed by atoms with Gasteiger partial charge in [-0.25, -0.2) is 0 Å². The molecule has 1 aliphatic rings. The molecule has 0 bridgehead atoms. The average molecular weight is 241 g/mol. The van der Waals surface area contributed by atoms with E-state index in [9.17, 15) is 0 Å². The van der Waals surface area contributed by atoms with Gasteiger partial charge >= 0.3 is 0 Å². The minimum Gasteiger partial charge on any atom is -0.394 e. The van der Waals surface area contributed by atoms with Crippen LogP contribution in [0.3, 0.4) is 0 Å². The zero-order valence-electron chi connectivity index (χ0n) is 10.3. The van der Waals surface area contributed by atoms with Crippen molar-refractivity contribution in [3.63, 3.8) is 0 Å². The molecule has 2 heterocycles. The summed E-state index contributed by atoms with van der Waals surface area (Å²) < 4.78 is 10.6. The number of aliphatic hydroxyl groups is 1. The molecule has 2 rings (SSSR count). The van der Waals surface area contributed by atoms with Gasteiger partial charge in [0.15, 0.2) is 5.82 Å². The molecule has 96 valence electrons. The fraction of sp³-hybridized carbons (Fsp3) is 0.818. The number of nitrogens with zero attached hydrogens (tertiary/aromatic N) is 3. The van der Waals surface area contributed by atoms with Crippen molar-refractivity contribution in [2.45, 2.75) is 39.0 Å². The summed E-state index contributed by atoms with van der Waals surface area (Å²) in [6.45, 7) is 6.21. The summed E-state index contributed by atoms with van der Waals surface area (Å²) in [5, 5.41) is 13.1. The Morgan fingerprint density at radius 2 is 2.29 bits per heavy atom. The fourth-order valence-corrected chi connectivity index (χ4v) is 2.07. The lowest BCUT2D eigenvalue weighted by Gasteiger charge is -2.35. The fourth-order valence-electron chi connectivity index (χ4n) is 2.07. The van der Waals surface area contributed by atoms with Gasteiger partial charge < -0.3 is 14.4 Å². The van der Waals surface area contributed by atoms with Crippen molar-refractivity contribution in [2.75, 3.05) is 19.7 Å². The maximum atomic E-state index is 9.13. The molecule has 0 aromatic carbocycles. The van der Waals surface area contributed by atoms with E-state index < -0.39 is 0 Å². The zero-order chi connectivity index (χ0) is 12.3. The first kappa shape index (κ1) is 12.5. The lowest BCUT2D eigenvalue weighted by atomic mass is 10.2. The van der Waals surface area contributed by atoms with Crippen LogP contribution in [-0.2, 0) is 17.7 Å². The minimum atomic E-state index is -0.115. The van der Waals surface area contributed by atoms with E-state index in [1.165, 1.54) is 0 Å². The van der Waals surface area contributed by atoms with Crippen LogP contribution in [0, 0.1) is 0 Å². The monoisotopic (exact) mass is 241 g/mol. The standard InChI is InChI=1S/C11H19N3O3/c1-3-11-12-10(13-17-11)6-14-4-8(2)16-9(5-14)7-15/h8-9,15H,3-7H2,1-2H3. The highest BCUT2D eigenvalue weighted by Crippen LogP contribution is 2.13. The molecular formula is C11H19N3O3. The number of rotatable bonds is 4. The van der Waals surface area contributed by atoms with Crippen LogP contribution in [-0.4, -0.2) is 52.1 Å². The molecule has 0 saturated carbocycles. The molecule has 1 saturated heterocycles. The Morgan fingerprint density at radius 3 is 2.94 bits per heavy atom. The normalized spacial score (nSPS) is 26.3. The molecule has 2 unspecified atom stereocenters. The Bertz CT molecular complexity index is 355. The largest absolute Gasteiger partial charge is 0.394 e. The third-order valence-corrected chi connectivity index (χ3v) is 2.78. The molecule has 0 amide bonds. The highest BCUT2D eigenvalue weighted by Gasteiger charge is 2.25. The van der Waals surface area contributed by atoms with Crippen molar-refractivity contribution >= 4 is 0 Å². The Morgan fingerprint density at radius 1 is 1.47 bits per heavy atom. The van der Waals surface area contributed by atoms with E-state index in [0.29, 0.717) is 24.8 Å². The van der Waals surface area contributed by atoms with Crippen molar-refractivity contribution in [3.8, 4) is 0 Å². The maximum Gasteiger partial charge on any atom is 0.226 e. The topological polar surface area (TPSA) is 71.6 Å². The first-order valence-electron chi connectivity index (χ1n) is 6.01. The molecule has 1 N–H and O–H groups in total. The number of morpholine rings is 1. The summed E-state index contributed by atoms with van der Waals surface area (Å²) in [7, 11) is 0. The predicted molar refractivity (Wildman–Crippen MR) is 60.4 cm³/mol. The third kappa shape index (κ3) is 3.24. The highest BCUT2D eigenvalue weighted by molar-refractivity contribution is 4.87. The van der Waals surface area contributed by atoms with E-state index in [1.54, 1.807) is 0 Å². The molecule has 1 aliphatic heterocycles. The van der Waals surface area contributed by atoms with Gasteiger partial charge in [0.1, 0.15) is 0 Å². The van der Waals surface area contributed by atoms with Gasteiger partial charge in [0.2, 0.25) is 5.89 Å². The number of aliphatic hydroxyl groups excluding tert-OH is 1. The van der Waals surface area contributed by atoms with Gasteiger partial charge in [0.25, 0.3) is 0 Å². The smallest absolute Gasteiger partial charge is 0.226 e. The van der Waals surface area contributed by atoms with E-state index in [2.05, 4.69) is 15.0 Å². The lowest BCUT2D eigenvalue weighted by molar-refractivity contribution is -0.0978. The predicted octanol–water partition coefficient (Wildman–Crippen LogP) is 0.214. The van der Waals surface area contributed by atoms with Crippen LogP contribution in [0.5, 0.6) is 0 Å². The molecule has 0 aliphatic carbocycles. The number of aromatic nitrogens is 2. The number of aryl methyl sites for hydroxylation is 1. The first-order chi connectivity index (χ1) is 8.21. The Kier molecular flexibility index (Phi) is 4.09. The Balaban J connectivity index is 1.93. The van der Waals surface area contributed by atoms with E-state index in [1.807, 2.05) is 13.8 Å². The van der Waals surface area contributed by atoms with Crippen LogP contribution in [0.1, 0.15) is 25.6 Å². The van der Waals surface area contributed by atoms with E-state index in [4.69, 9.17) is 14.4 Å². The summed E-state index contributed by atoms with van der Waals surface area (Å²) in [6, 6.07) is 0. The molecule has 6 heteroatoms. The zero-order valence-corrected chi connectivity index (χ0v) is 10.3. The van der Waals surface area contributed by atoms with Crippen molar-refractivity contribution in [1.29, 1.82) is 0 Å². The van der Waals surface area contributed by atoms with E-state index in [-0.39, 0.29) is 18.8 Å². The summed E-state index contributed by atoms with van der Waals surface area (Å²) in [4.78, 5) is 6.46. The van der Waals surface area contributed by atoms with Crippen LogP contribution >= 0.6 is 0 Å². The summed E-state index contributed by atoms with van der Waals surface area (Å²) >= 11 is 0. The molecular weight excluding hydrogens is 222 g/mol. The van der Waals surface area contributed by atoms with Crippen molar-refractivity contribution in [2.24, 2.45) is 0 Å². The summed E-state index contributed by atoms with van der Waals surface area (Å²) in [5.41, 5.74) is 0. The molecule has 0 spiro atoms. The molecule has 17 heavy (non-hydrogen) atoms. The van der Waals surface area contributed by atoms with Crippen LogP contribution in [0.25, 0.3) is 0 Å². The second-order valence-corrected chi connectivity index (χ2v) is 4.40. The molecule has 2 atom stereocenters. The number of ether oxygens (including phenoxy) is 1. The van der Waals surface area contributed by atoms with Gasteiger partial charge in [-0.15, -0.1) is 0 Å². The second-order valence-electron chi connectivity index (χ2n) is 4.40. The van der Waals surface area contributed by atoms with Gasteiger partial charge in [-0.2, -0.15) is 4.98 Å². The lowest BCUT2D eigenvalue weighted by Crippen LogP contribution is -2.47. The maximum absolute atomic E-state index is 9.13. The Hall–Kier alpha value is -0.980. The van der Waals surface area contributed by atoms with Gasteiger partial charge in [0, 0.05) is 19.5 Å². The minimum absolute atomic E-state index is 0.0489. The first-order valence-corrected chi connectivity index (χ1v) is 6.01. The van der Waals surface area contributed by atoms with E-state index in [0.717, 1.165) is 13.0 Å². The quantitative estimate of drug-likeness (QED) is 0.812.